The maximum absolute atomic E-state index is 13.1. The van der Waals surface area contributed by atoms with E-state index in [1.165, 1.54) is 12.1 Å². The molecule has 0 aliphatic carbocycles. The predicted molar refractivity (Wildman–Crippen MR) is 130 cm³/mol. The van der Waals surface area contributed by atoms with Crippen LogP contribution < -0.4 is 10.1 Å². The number of ether oxygens (including phenoxy) is 1. The van der Waals surface area contributed by atoms with Gasteiger partial charge in [-0.25, -0.2) is 4.98 Å². The van der Waals surface area contributed by atoms with Crippen molar-refractivity contribution in [3.63, 3.8) is 0 Å². The molecule has 1 fully saturated rings. The lowest BCUT2D eigenvalue weighted by atomic mass is 9.88. The molecule has 1 aliphatic rings. The number of benzene rings is 2. The van der Waals surface area contributed by atoms with E-state index >= 15 is 0 Å². The summed E-state index contributed by atoms with van der Waals surface area (Å²) in [6.45, 7) is 2.61. The lowest BCUT2D eigenvalue weighted by molar-refractivity contribution is -0.137. The van der Waals surface area contributed by atoms with E-state index in [0.29, 0.717) is 32.6 Å². The average Bonchev–Trinajstić information content (AvgIpc) is 3.27. The van der Waals surface area contributed by atoms with Crippen LogP contribution >= 0.6 is 0 Å². The molecule has 4 rings (SSSR count). The number of rotatable bonds is 9. The van der Waals surface area contributed by atoms with Gasteiger partial charge in [-0.05, 0) is 36.6 Å². The summed E-state index contributed by atoms with van der Waals surface area (Å²) in [4.78, 5) is 19.6. The molecule has 0 bridgehead atoms. The Morgan fingerprint density at radius 1 is 1.14 bits per heavy atom. The fourth-order valence-electron chi connectivity index (χ4n) is 4.59. The van der Waals surface area contributed by atoms with Crippen LogP contribution in [-0.2, 0) is 31.0 Å². The summed E-state index contributed by atoms with van der Waals surface area (Å²) in [7, 11) is 1.92. The molecule has 0 spiro atoms. The van der Waals surface area contributed by atoms with Gasteiger partial charge in [-0.1, -0.05) is 36.4 Å². The number of carbonyl (C=O) groups is 1. The van der Waals surface area contributed by atoms with Gasteiger partial charge in [-0.3, -0.25) is 9.69 Å². The highest BCUT2D eigenvalue weighted by Gasteiger charge is 2.33. The number of nitrogens with zero attached hydrogens (tertiary/aromatic N) is 3. The van der Waals surface area contributed by atoms with Crippen LogP contribution in [0.25, 0.3) is 0 Å². The minimum Gasteiger partial charge on any atom is -0.493 e. The van der Waals surface area contributed by atoms with E-state index in [9.17, 15) is 18.0 Å². The highest BCUT2D eigenvalue weighted by Crippen LogP contribution is 2.32. The lowest BCUT2D eigenvalue weighted by Crippen LogP contribution is -2.47. The molecule has 36 heavy (non-hydrogen) atoms. The maximum atomic E-state index is 13.1. The number of hydrogen-bond donors (Lipinski definition) is 1. The average molecular weight is 501 g/mol. The number of carbonyl (C=O) groups excluding carboxylic acids is 1. The van der Waals surface area contributed by atoms with Crippen molar-refractivity contribution in [2.45, 2.75) is 25.6 Å². The van der Waals surface area contributed by atoms with Crippen molar-refractivity contribution in [3.05, 3.63) is 83.9 Å². The number of aromatic nitrogens is 2. The second kappa shape index (κ2) is 11.6. The molecular formula is C27H31F3N4O2. The first-order chi connectivity index (χ1) is 17.3. The second-order valence-corrected chi connectivity index (χ2v) is 9.31. The molecular weight excluding hydrogens is 469 g/mol. The van der Waals surface area contributed by atoms with Crippen molar-refractivity contribution in [2.75, 3.05) is 26.2 Å². The topological polar surface area (TPSA) is 59.4 Å². The molecule has 1 saturated heterocycles. The van der Waals surface area contributed by atoms with Gasteiger partial charge in [-0.2, -0.15) is 13.2 Å². The molecule has 1 aliphatic heterocycles. The highest BCUT2D eigenvalue weighted by molar-refractivity contribution is 5.79. The Hall–Kier alpha value is -3.33. The van der Waals surface area contributed by atoms with Crippen LogP contribution in [0.3, 0.4) is 0 Å². The summed E-state index contributed by atoms with van der Waals surface area (Å²) in [6.07, 6.45) is 0.542. The summed E-state index contributed by atoms with van der Waals surface area (Å²) in [5, 5.41) is 3.06. The predicted octanol–water partition coefficient (Wildman–Crippen LogP) is 4.31. The molecule has 0 radical (unpaired) electrons. The minimum absolute atomic E-state index is 0.0143. The minimum atomic E-state index is -4.42. The molecule has 1 aromatic heterocycles. The zero-order chi connectivity index (χ0) is 25.5. The summed E-state index contributed by atoms with van der Waals surface area (Å²) in [5.41, 5.74) is 0.418. The summed E-state index contributed by atoms with van der Waals surface area (Å²) in [5.74, 6) is 0.787. The zero-order valence-electron chi connectivity index (χ0n) is 20.2. The first-order valence-electron chi connectivity index (χ1n) is 12.1. The van der Waals surface area contributed by atoms with Gasteiger partial charge in [0.15, 0.2) is 0 Å². The molecule has 192 valence electrons. The quantitative estimate of drug-likeness (QED) is 0.476. The Bertz CT molecular complexity index is 1130. The van der Waals surface area contributed by atoms with Crippen LogP contribution in [0.5, 0.6) is 5.75 Å². The Balaban J connectivity index is 1.39. The van der Waals surface area contributed by atoms with Gasteiger partial charge in [0.2, 0.25) is 5.91 Å². The number of piperidine rings is 1. The van der Waals surface area contributed by atoms with Gasteiger partial charge >= 0.3 is 6.18 Å². The van der Waals surface area contributed by atoms with Crippen molar-refractivity contribution in [1.29, 1.82) is 0 Å². The molecule has 6 nitrogen and oxygen atoms in total. The van der Waals surface area contributed by atoms with E-state index in [-0.39, 0.29) is 30.1 Å². The van der Waals surface area contributed by atoms with Crippen LogP contribution in [0.1, 0.15) is 23.4 Å². The summed E-state index contributed by atoms with van der Waals surface area (Å²) >= 11 is 0. The largest absolute Gasteiger partial charge is 0.493 e. The molecule has 3 aromatic rings. The normalized spacial score (nSPS) is 18.7. The van der Waals surface area contributed by atoms with Crippen molar-refractivity contribution in [3.8, 4) is 5.75 Å². The first-order valence-corrected chi connectivity index (χ1v) is 12.1. The number of likely N-dealkylation sites (tertiary alicyclic amines) is 1. The number of alkyl halides is 3. The number of amides is 1. The standard InChI is InChI=1S/C27H31F3N4O2/c1-33-13-12-31-25(33)18-34-16-21(19-36-24-9-5-8-23(15-24)27(28,29)30)14-22(17-34)26(35)32-11-10-20-6-3-2-4-7-20/h2-9,12-13,15,21-22H,10-11,14,16-19H2,1H3,(H,32,35)/t21-,22+/m0/s1. The Labute approximate surface area is 209 Å². The van der Waals surface area contributed by atoms with Crippen molar-refractivity contribution < 1.29 is 22.7 Å². The number of nitrogens with one attached hydrogen (secondary N) is 1. The maximum Gasteiger partial charge on any atom is 0.416 e. The van der Waals surface area contributed by atoms with E-state index in [4.69, 9.17) is 4.74 Å². The third kappa shape index (κ3) is 7.10. The SMILES string of the molecule is Cn1ccnc1CN1C[C@@H](COc2cccc(C(F)(F)F)c2)C[C@@H](C(=O)NCCc2ccccc2)C1. The molecule has 0 unspecified atom stereocenters. The zero-order valence-corrected chi connectivity index (χ0v) is 20.2. The van der Waals surface area contributed by atoms with Crippen LogP contribution in [0, 0.1) is 11.8 Å². The highest BCUT2D eigenvalue weighted by atomic mass is 19.4. The number of hydrogen-bond acceptors (Lipinski definition) is 4. The fraction of sp³-hybridized carbons (Fsp3) is 0.407. The Morgan fingerprint density at radius 2 is 1.94 bits per heavy atom. The van der Waals surface area contributed by atoms with Crippen LogP contribution in [0.15, 0.2) is 67.0 Å². The van der Waals surface area contributed by atoms with Gasteiger partial charge in [0.25, 0.3) is 0 Å². The van der Waals surface area contributed by atoms with Gasteiger partial charge in [0.1, 0.15) is 11.6 Å². The lowest BCUT2D eigenvalue weighted by Gasteiger charge is -2.37. The van der Waals surface area contributed by atoms with E-state index < -0.39 is 11.7 Å². The Kier molecular flexibility index (Phi) is 8.30. The van der Waals surface area contributed by atoms with Crippen molar-refractivity contribution in [1.82, 2.24) is 19.8 Å². The summed E-state index contributed by atoms with van der Waals surface area (Å²) < 4.78 is 46.9. The van der Waals surface area contributed by atoms with E-state index in [1.807, 2.05) is 48.1 Å². The number of halogens is 3. The molecule has 0 saturated carbocycles. The van der Waals surface area contributed by atoms with Crippen LogP contribution in [0.2, 0.25) is 0 Å². The van der Waals surface area contributed by atoms with Crippen LogP contribution in [-0.4, -0.2) is 46.6 Å². The van der Waals surface area contributed by atoms with E-state index in [0.717, 1.165) is 29.9 Å². The molecule has 2 aromatic carbocycles. The van der Waals surface area contributed by atoms with Crippen LogP contribution in [0.4, 0.5) is 13.2 Å². The van der Waals surface area contributed by atoms with Crippen molar-refractivity contribution in [2.24, 2.45) is 18.9 Å². The molecule has 1 N–H and O–H groups in total. The summed E-state index contributed by atoms with van der Waals surface area (Å²) in [6, 6.07) is 14.9. The molecule has 9 heteroatoms. The molecule has 2 atom stereocenters. The van der Waals surface area contributed by atoms with E-state index in [2.05, 4.69) is 15.2 Å². The second-order valence-electron chi connectivity index (χ2n) is 9.31. The molecule has 1 amide bonds. The molecule has 2 heterocycles. The monoisotopic (exact) mass is 500 g/mol. The third-order valence-electron chi connectivity index (χ3n) is 6.47. The van der Waals surface area contributed by atoms with Crippen molar-refractivity contribution >= 4 is 5.91 Å². The van der Waals surface area contributed by atoms with Gasteiger partial charge < -0.3 is 14.6 Å². The van der Waals surface area contributed by atoms with Gasteiger partial charge in [-0.15, -0.1) is 0 Å². The fourth-order valence-corrected chi connectivity index (χ4v) is 4.59. The van der Waals surface area contributed by atoms with E-state index in [1.54, 1.807) is 6.20 Å². The Morgan fingerprint density at radius 3 is 2.67 bits per heavy atom. The van der Waals surface area contributed by atoms with Gasteiger partial charge in [0, 0.05) is 45.0 Å². The number of imidazole rings is 1. The first kappa shape index (κ1) is 25.8. The third-order valence-corrected chi connectivity index (χ3v) is 6.47. The van der Waals surface area contributed by atoms with Gasteiger partial charge in [0.05, 0.1) is 24.6 Å². The number of aryl methyl sites for hydroxylation is 1. The smallest absolute Gasteiger partial charge is 0.416 e.